The van der Waals surface area contributed by atoms with E-state index in [9.17, 15) is 4.39 Å². The molecule has 3 heteroatoms. The molecular weight excluding hydrogens is 251 g/mol. The number of rotatable bonds is 4. The first-order valence-corrected chi connectivity index (χ1v) is 6.79. The fourth-order valence-electron chi connectivity index (χ4n) is 2.17. The van der Waals surface area contributed by atoms with E-state index in [1.165, 1.54) is 11.6 Å². The topological polar surface area (TPSA) is 29.3 Å². The third-order valence-electron chi connectivity index (χ3n) is 3.45. The molecule has 1 atom stereocenters. The second-order valence-electron chi connectivity index (χ2n) is 5.34. The van der Waals surface area contributed by atoms with Gasteiger partial charge >= 0.3 is 0 Å². The van der Waals surface area contributed by atoms with Gasteiger partial charge in [-0.3, -0.25) is 0 Å². The Balaban J connectivity index is 2.16. The van der Waals surface area contributed by atoms with E-state index >= 15 is 0 Å². The minimum atomic E-state index is -0.227. The molecule has 106 valence electrons. The van der Waals surface area contributed by atoms with Crippen LogP contribution in [0.3, 0.4) is 0 Å². The van der Waals surface area contributed by atoms with Gasteiger partial charge in [0.05, 0.1) is 5.69 Å². The molecule has 2 N–H and O–H groups in total. The van der Waals surface area contributed by atoms with Gasteiger partial charge in [-0.1, -0.05) is 35.9 Å². The summed E-state index contributed by atoms with van der Waals surface area (Å²) < 4.78 is 14.1. The Labute approximate surface area is 120 Å². The van der Waals surface area contributed by atoms with Crippen LogP contribution in [0.5, 0.6) is 0 Å². The largest absolute Gasteiger partial charge is 0.368 e. The van der Waals surface area contributed by atoms with Crippen molar-refractivity contribution in [2.75, 3.05) is 11.9 Å². The molecule has 0 aliphatic heterocycles. The summed E-state index contributed by atoms with van der Waals surface area (Å²) >= 11 is 0. The summed E-state index contributed by atoms with van der Waals surface area (Å²) in [5.74, 6) is -0.227. The van der Waals surface area contributed by atoms with Crippen LogP contribution in [0.1, 0.15) is 29.7 Å². The molecule has 0 heterocycles. The summed E-state index contributed by atoms with van der Waals surface area (Å²) in [4.78, 5) is 1.91. The fourth-order valence-corrected chi connectivity index (χ4v) is 2.17. The van der Waals surface area contributed by atoms with Gasteiger partial charge in [-0.2, -0.15) is 0 Å². The molecule has 2 aromatic rings. The van der Waals surface area contributed by atoms with Gasteiger partial charge in [-0.05, 0) is 37.1 Å². The molecule has 0 radical (unpaired) electrons. The number of hydrogen-bond donors (Lipinski definition) is 1. The van der Waals surface area contributed by atoms with E-state index in [2.05, 4.69) is 31.2 Å². The maximum Gasteiger partial charge on any atom is 0.146 e. The zero-order valence-corrected chi connectivity index (χ0v) is 12.2. The van der Waals surface area contributed by atoms with E-state index in [0.717, 1.165) is 11.1 Å². The average Bonchev–Trinajstić information content (AvgIpc) is 2.41. The molecule has 0 aromatic heterocycles. The third-order valence-corrected chi connectivity index (χ3v) is 3.45. The Morgan fingerprint density at radius 2 is 1.80 bits per heavy atom. The molecule has 0 amide bonds. The van der Waals surface area contributed by atoms with Gasteiger partial charge < -0.3 is 10.6 Å². The minimum Gasteiger partial charge on any atom is -0.368 e. The highest BCUT2D eigenvalue weighted by atomic mass is 19.1. The SMILES string of the molecule is Cc1ccc(CN(C)c2ccc([C@@H](C)N)cc2F)cc1. The number of hydrogen-bond acceptors (Lipinski definition) is 2. The van der Waals surface area contributed by atoms with Crippen LogP contribution >= 0.6 is 0 Å². The van der Waals surface area contributed by atoms with Crippen LogP contribution in [0, 0.1) is 12.7 Å². The summed E-state index contributed by atoms with van der Waals surface area (Å²) in [5, 5.41) is 0. The van der Waals surface area contributed by atoms with Gasteiger partial charge in [0, 0.05) is 19.6 Å². The predicted octanol–water partition coefficient (Wildman–Crippen LogP) is 3.79. The van der Waals surface area contributed by atoms with Crippen molar-refractivity contribution in [2.24, 2.45) is 5.73 Å². The molecular formula is C17H21FN2. The smallest absolute Gasteiger partial charge is 0.146 e. The number of halogens is 1. The van der Waals surface area contributed by atoms with Gasteiger partial charge in [0.15, 0.2) is 0 Å². The Kier molecular flexibility index (Phi) is 4.40. The summed E-state index contributed by atoms with van der Waals surface area (Å²) in [7, 11) is 1.89. The molecule has 0 bridgehead atoms. The normalized spacial score (nSPS) is 12.2. The maximum atomic E-state index is 14.1. The molecule has 0 aliphatic rings. The molecule has 0 saturated heterocycles. The molecule has 2 aromatic carbocycles. The summed E-state index contributed by atoms with van der Waals surface area (Å²) in [6.07, 6.45) is 0. The van der Waals surface area contributed by atoms with E-state index in [1.807, 2.05) is 24.9 Å². The number of anilines is 1. The second kappa shape index (κ2) is 6.06. The van der Waals surface area contributed by atoms with Crippen molar-refractivity contribution in [1.82, 2.24) is 0 Å². The first kappa shape index (κ1) is 14.5. The number of nitrogens with two attached hydrogens (primary N) is 1. The monoisotopic (exact) mass is 272 g/mol. The van der Waals surface area contributed by atoms with Crippen molar-refractivity contribution in [3.8, 4) is 0 Å². The lowest BCUT2D eigenvalue weighted by atomic mass is 10.1. The van der Waals surface area contributed by atoms with E-state index in [1.54, 1.807) is 6.07 Å². The quantitative estimate of drug-likeness (QED) is 0.917. The van der Waals surface area contributed by atoms with Gasteiger partial charge in [0.25, 0.3) is 0 Å². The third kappa shape index (κ3) is 3.36. The lowest BCUT2D eigenvalue weighted by Crippen LogP contribution is -2.18. The van der Waals surface area contributed by atoms with Crippen molar-refractivity contribution >= 4 is 5.69 Å². The highest BCUT2D eigenvalue weighted by molar-refractivity contribution is 5.49. The molecule has 0 unspecified atom stereocenters. The first-order chi connectivity index (χ1) is 9.47. The Morgan fingerprint density at radius 3 is 2.35 bits per heavy atom. The zero-order valence-electron chi connectivity index (χ0n) is 12.2. The van der Waals surface area contributed by atoms with E-state index < -0.39 is 0 Å². The van der Waals surface area contributed by atoms with Crippen LogP contribution in [0.4, 0.5) is 10.1 Å². The van der Waals surface area contributed by atoms with E-state index in [4.69, 9.17) is 5.73 Å². The van der Waals surface area contributed by atoms with Crippen molar-refractivity contribution in [3.05, 3.63) is 65.0 Å². The van der Waals surface area contributed by atoms with Crippen LogP contribution in [-0.4, -0.2) is 7.05 Å². The van der Waals surface area contributed by atoms with Crippen LogP contribution in [0.25, 0.3) is 0 Å². The molecule has 0 fully saturated rings. The molecule has 20 heavy (non-hydrogen) atoms. The Morgan fingerprint density at radius 1 is 1.15 bits per heavy atom. The zero-order chi connectivity index (χ0) is 14.7. The summed E-state index contributed by atoms with van der Waals surface area (Å²) in [5.41, 5.74) is 9.56. The Bertz CT molecular complexity index is 576. The highest BCUT2D eigenvalue weighted by Crippen LogP contribution is 2.23. The molecule has 2 rings (SSSR count). The minimum absolute atomic E-state index is 0.152. The molecule has 2 nitrogen and oxygen atoms in total. The van der Waals surface area contributed by atoms with Crippen LogP contribution < -0.4 is 10.6 Å². The Hall–Kier alpha value is -1.87. The number of benzene rings is 2. The van der Waals surface area contributed by atoms with Crippen LogP contribution in [0.2, 0.25) is 0 Å². The van der Waals surface area contributed by atoms with E-state index in [0.29, 0.717) is 12.2 Å². The standard InChI is InChI=1S/C17H21FN2/c1-12-4-6-14(7-5-12)11-20(3)17-9-8-15(13(2)19)10-16(17)18/h4-10,13H,11,19H2,1-3H3/t13-/m1/s1. The summed E-state index contributed by atoms with van der Waals surface area (Å²) in [6.45, 7) is 4.58. The van der Waals surface area contributed by atoms with Crippen molar-refractivity contribution in [2.45, 2.75) is 26.4 Å². The van der Waals surface area contributed by atoms with Gasteiger partial charge in [-0.25, -0.2) is 4.39 Å². The average molecular weight is 272 g/mol. The lowest BCUT2D eigenvalue weighted by Gasteiger charge is -2.21. The first-order valence-electron chi connectivity index (χ1n) is 6.79. The molecule has 0 spiro atoms. The van der Waals surface area contributed by atoms with Crippen molar-refractivity contribution in [3.63, 3.8) is 0 Å². The van der Waals surface area contributed by atoms with E-state index in [-0.39, 0.29) is 11.9 Å². The van der Waals surface area contributed by atoms with Crippen LogP contribution in [0.15, 0.2) is 42.5 Å². The number of nitrogens with zero attached hydrogens (tertiary/aromatic N) is 1. The predicted molar refractivity (Wildman–Crippen MR) is 82.3 cm³/mol. The van der Waals surface area contributed by atoms with Gasteiger partial charge in [-0.15, -0.1) is 0 Å². The molecule has 0 aliphatic carbocycles. The van der Waals surface area contributed by atoms with Gasteiger partial charge in [0.1, 0.15) is 5.82 Å². The van der Waals surface area contributed by atoms with Crippen molar-refractivity contribution < 1.29 is 4.39 Å². The highest BCUT2D eigenvalue weighted by Gasteiger charge is 2.10. The molecule has 0 saturated carbocycles. The summed E-state index contributed by atoms with van der Waals surface area (Å²) in [6, 6.07) is 13.3. The fraction of sp³-hybridized carbons (Fsp3) is 0.294. The van der Waals surface area contributed by atoms with Crippen LogP contribution in [-0.2, 0) is 6.54 Å². The van der Waals surface area contributed by atoms with Gasteiger partial charge in [0.2, 0.25) is 0 Å². The second-order valence-corrected chi connectivity index (χ2v) is 5.34. The maximum absolute atomic E-state index is 14.1. The van der Waals surface area contributed by atoms with Crippen molar-refractivity contribution in [1.29, 1.82) is 0 Å². The lowest BCUT2D eigenvalue weighted by molar-refractivity contribution is 0.617. The number of aryl methyl sites for hydroxylation is 1.